The third-order valence-corrected chi connectivity index (χ3v) is 5.09. The van der Waals surface area contributed by atoms with Crippen molar-refractivity contribution in [2.24, 2.45) is 4.99 Å². The number of carbonyl (C=O) groups excluding carboxylic acids is 1. The molecule has 7 heteroatoms. The second-order valence-electron chi connectivity index (χ2n) is 5.57. The van der Waals surface area contributed by atoms with Crippen molar-refractivity contribution in [1.29, 1.82) is 0 Å². The van der Waals surface area contributed by atoms with Crippen LogP contribution in [0.3, 0.4) is 0 Å². The number of halogens is 3. The lowest BCUT2D eigenvalue weighted by molar-refractivity contribution is -0.130. The fourth-order valence-electron chi connectivity index (χ4n) is 2.96. The summed E-state index contributed by atoms with van der Waals surface area (Å²) in [5, 5.41) is 0.938. The molecule has 0 aliphatic carbocycles. The normalized spacial score (nSPS) is 19.6. The predicted octanol–water partition coefficient (Wildman–Crippen LogP) is 4.87. The number of hydrogen-bond donors (Lipinski definition) is 0. The molecule has 0 fully saturated rings. The van der Waals surface area contributed by atoms with Crippen LogP contribution in [0.2, 0.25) is 10.0 Å². The van der Waals surface area contributed by atoms with Crippen molar-refractivity contribution >= 4 is 52.4 Å². The van der Waals surface area contributed by atoms with Crippen LogP contribution in [-0.2, 0) is 9.53 Å². The number of carbonyl (C=O) groups is 1. The lowest BCUT2D eigenvalue weighted by Gasteiger charge is -2.31. The van der Waals surface area contributed by atoms with Gasteiger partial charge in [-0.3, -0.25) is 9.89 Å². The Morgan fingerprint density at radius 1 is 1.00 bits per heavy atom. The summed E-state index contributed by atoms with van der Waals surface area (Å²) < 4.78 is 5.41. The van der Waals surface area contributed by atoms with E-state index in [0.29, 0.717) is 22.2 Å². The minimum absolute atomic E-state index is 0.143. The second-order valence-corrected chi connectivity index (χ2v) is 6.74. The Balaban J connectivity index is 1.86. The first-order chi connectivity index (χ1) is 12.1. The van der Waals surface area contributed by atoms with Gasteiger partial charge in [0.25, 0.3) is 0 Å². The molecule has 0 saturated carbocycles. The van der Waals surface area contributed by atoms with Crippen molar-refractivity contribution in [3.05, 3.63) is 74.9 Å². The van der Waals surface area contributed by atoms with Gasteiger partial charge in [0.1, 0.15) is 0 Å². The summed E-state index contributed by atoms with van der Waals surface area (Å²) in [6, 6.07) is 14.6. The molecule has 0 bridgehead atoms. The molecule has 0 N–H and O–H groups in total. The van der Waals surface area contributed by atoms with Crippen molar-refractivity contribution in [1.82, 2.24) is 4.90 Å². The Morgan fingerprint density at radius 2 is 1.68 bits per heavy atom. The minimum Gasteiger partial charge on any atom is -0.417 e. The van der Waals surface area contributed by atoms with Gasteiger partial charge < -0.3 is 4.74 Å². The standard InChI is InChI=1S/C18H11Cl3N2O2/c19-11-7-4-8-12(20)14(11)15-16(21)23-13(10-5-2-1-3-6-10)9-22-17(23)18(24)25-15/h1-8,13H,9H2. The fraction of sp³-hybridized carbons (Fsp3) is 0.111. The van der Waals surface area contributed by atoms with Crippen LogP contribution >= 0.6 is 34.8 Å². The molecule has 4 rings (SSSR count). The van der Waals surface area contributed by atoms with Gasteiger partial charge in [0.05, 0.1) is 28.2 Å². The van der Waals surface area contributed by atoms with Gasteiger partial charge in [-0.1, -0.05) is 71.2 Å². The lowest BCUT2D eigenvalue weighted by atomic mass is 10.1. The summed E-state index contributed by atoms with van der Waals surface area (Å²) in [4.78, 5) is 18.4. The highest BCUT2D eigenvalue weighted by Gasteiger charge is 2.42. The van der Waals surface area contributed by atoms with E-state index in [1.165, 1.54) is 0 Å². The van der Waals surface area contributed by atoms with Crippen LogP contribution in [0.5, 0.6) is 0 Å². The molecule has 2 aromatic rings. The smallest absolute Gasteiger partial charge is 0.379 e. The Labute approximate surface area is 159 Å². The first-order valence-electron chi connectivity index (χ1n) is 7.53. The van der Waals surface area contributed by atoms with Crippen molar-refractivity contribution < 1.29 is 9.53 Å². The minimum atomic E-state index is -0.575. The molecule has 2 aliphatic rings. The van der Waals surface area contributed by atoms with E-state index in [-0.39, 0.29) is 22.8 Å². The van der Waals surface area contributed by atoms with E-state index in [0.717, 1.165) is 5.56 Å². The highest BCUT2D eigenvalue weighted by atomic mass is 35.5. The van der Waals surface area contributed by atoms with Crippen molar-refractivity contribution in [2.75, 3.05) is 6.54 Å². The highest BCUT2D eigenvalue weighted by molar-refractivity contribution is 6.45. The number of ether oxygens (including phenoxy) is 1. The molecular weight excluding hydrogens is 383 g/mol. The van der Waals surface area contributed by atoms with E-state index in [2.05, 4.69) is 4.99 Å². The van der Waals surface area contributed by atoms with Crippen molar-refractivity contribution in [2.45, 2.75) is 6.04 Å². The number of rotatable bonds is 2. The van der Waals surface area contributed by atoms with Gasteiger partial charge in [-0.15, -0.1) is 0 Å². The second kappa shape index (κ2) is 6.37. The van der Waals surface area contributed by atoms with Gasteiger partial charge in [0.15, 0.2) is 10.9 Å². The van der Waals surface area contributed by atoms with Gasteiger partial charge in [-0.05, 0) is 17.7 Å². The van der Waals surface area contributed by atoms with E-state index < -0.39 is 5.97 Å². The Bertz CT molecular complexity index is 905. The monoisotopic (exact) mass is 392 g/mol. The maximum atomic E-state index is 12.4. The lowest BCUT2D eigenvalue weighted by Crippen LogP contribution is -2.39. The van der Waals surface area contributed by atoms with Crippen LogP contribution in [0.25, 0.3) is 5.76 Å². The number of hydrogen-bond acceptors (Lipinski definition) is 4. The molecule has 1 atom stereocenters. The van der Waals surface area contributed by atoms with Crippen LogP contribution in [0.1, 0.15) is 17.2 Å². The van der Waals surface area contributed by atoms with E-state index in [1.807, 2.05) is 30.3 Å². The molecule has 0 aromatic heterocycles. The SMILES string of the molecule is O=C1OC(c2c(Cl)cccc2Cl)=C(Cl)N2C1=NCC2c1ccccc1. The molecule has 25 heavy (non-hydrogen) atoms. The Hall–Kier alpha value is -2.01. The number of cyclic esters (lactones) is 1. The van der Waals surface area contributed by atoms with Crippen LogP contribution in [0.15, 0.2) is 58.7 Å². The van der Waals surface area contributed by atoms with Gasteiger partial charge in [-0.2, -0.15) is 0 Å². The van der Waals surface area contributed by atoms with E-state index in [1.54, 1.807) is 23.1 Å². The number of benzene rings is 2. The third-order valence-electron chi connectivity index (χ3n) is 4.10. The molecule has 2 aliphatic heterocycles. The molecule has 1 unspecified atom stereocenters. The quantitative estimate of drug-likeness (QED) is 0.540. The topological polar surface area (TPSA) is 41.9 Å². The zero-order chi connectivity index (χ0) is 17.6. The molecule has 126 valence electrons. The van der Waals surface area contributed by atoms with Gasteiger partial charge in [0.2, 0.25) is 5.84 Å². The first kappa shape index (κ1) is 16.5. The molecule has 4 nitrogen and oxygen atoms in total. The summed E-state index contributed by atoms with van der Waals surface area (Å²) in [6.45, 7) is 0.411. The number of amidine groups is 1. The maximum Gasteiger partial charge on any atom is 0.379 e. The van der Waals surface area contributed by atoms with Gasteiger partial charge >= 0.3 is 5.97 Å². The number of aliphatic imine (C=N–C) groups is 1. The summed E-state index contributed by atoms with van der Waals surface area (Å²) in [6.07, 6.45) is 0. The fourth-order valence-corrected chi connectivity index (χ4v) is 3.86. The maximum absolute atomic E-state index is 12.4. The van der Waals surface area contributed by atoms with Crippen LogP contribution in [0.4, 0.5) is 0 Å². The zero-order valence-electron chi connectivity index (χ0n) is 12.7. The average Bonchev–Trinajstić information content (AvgIpc) is 3.06. The van der Waals surface area contributed by atoms with Crippen LogP contribution < -0.4 is 0 Å². The Morgan fingerprint density at radius 3 is 2.36 bits per heavy atom. The van der Waals surface area contributed by atoms with E-state index >= 15 is 0 Å². The number of fused-ring (bicyclic) bond motifs is 1. The predicted molar refractivity (Wildman–Crippen MR) is 98.7 cm³/mol. The average molecular weight is 394 g/mol. The summed E-state index contributed by atoms with van der Waals surface area (Å²) >= 11 is 19.1. The zero-order valence-corrected chi connectivity index (χ0v) is 15.0. The summed E-state index contributed by atoms with van der Waals surface area (Å²) in [7, 11) is 0. The van der Waals surface area contributed by atoms with Crippen LogP contribution in [-0.4, -0.2) is 23.2 Å². The molecule has 2 aromatic carbocycles. The number of nitrogens with zero attached hydrogens (tertiary/aromatic N) is 2. The molecule has 0 amide bonds. The third kappa shape index (κ3) is 2.71. The molecule has 0 saturated heterocycles. The van der Waals surface area contributed by atoms with E-state index in [9.17, 15) is 4.79 Å². The van der Waals surface area contributed by atoms with E-state index in [4.69, 9.17) is 39.5 Å². The summed E-state index contributed by atoms with van der Waals surface area (Å²) in [5.74, 6) is -0.247. The number of esters is 1. The van der Waals surface area contributed by atoms with Crippen molar-refractivity contribution in [3.8, 4) is 0 Å². The highest BCUT2D eigenvalue weighted by Crippen LogP contribution is 2.42. The van der Waals surface area contributed by atoms with Gasteiger partial charge in [0, 0.05) is 0 Å². The van der Waals surface area contributed by atoms with Crippen LogP contribution in [0, 0.1) is 0 Å². The van der Waals surface area contributed by atoms with Gasteiger partial charge in [-0.25, -0.2) is 4.79 Å². The Kier molecular flexibility index (Phi) is 4.20. The molecular formula is C18H11Cl3N2O2. The molecule has 2 heterocycles. The largest absolute Gasteiger partial charge is 0.417 e. The molecule has 0 radical (unpaired) electrons. The first-order valence-corrected chi connectivity index (χ1v) is 8.66. The van der Waals surface area contributed by atoms with Crippen molar-refractivity contribution in [3.63, 3.8) is 0 Å². The molecule has 0 spiro atoms. The summed E-state index contributed by atoms with van der Waals surface area (Å²) in [5.41, 5.74) is 1.39.